The first kappa shape index (κ1) is 10.5. The Bertz CT molecular complexity index is 412. The molecule has 0 radical (unpaired) electrons. The minimum absolute atomic E-state index is 0.142. The van der Waals surface area contributed by atoms with Gasteiger partial charge in [0.05, 0.1) is 5.92 Å². The summed E-state index contributed by atoms with van der Waals surface area (Å²) in [6.45, 7) is 0. The van der Waals surface area contributed by atoms with Gasteiger partial charge in [0.15, 0.2) is 0 Å². The number of carbonyl (C=O) groups is 3. The Morgan fingerprint density at radius 3 is 2.41 bits per heavy atom. The van der Waals surface area contributed by atoms with E-state index in [1.807, 2.05) is 6.08 Å². The van der Waals surface area contributed by atoms with E-state index in [2.05, 4.69) is 6.08 Å². The van der Waals surface area contributed by atoms with Crippen molar-refractivity contribution in [1.82, 2.24) is 5.06 Å². The number of nitrogens with zero attached hydrogens (tertiary/aromatic N) is 1. The van der Waals surface area contributed by atoms with Crippen molar-refractivity contribution in [3.63, 3.8) is 0 Å². The monoisotopic (exact) mass is 235 g/mol. The molecule has 2 aliphatic carbocycles. The van der Waals surface area contributed by atoms with Crippen molar-refractivity contribution in [2.75, 3.05) is 0 Å². The van der Waals surface area contributed by atoms with Gasteiger partial charge < -0.3 is 4.84 Å². The van der Waals surface area contributed by atoms with Crippen LogP contribution in [0.25, 0.3) is 0 Å². The summed E-state index contributed by atoms with van der Waals surface area (Å²) in [6, 6.07) is 0. The number of carbonyl (C=O) groups excluding carboxylic acids is 3. The molecule has 3 aliphatic rings. The SMILES string of the molecule is O=C(ON1C(=O)CCC1=O)[C@H]1C[C@H]2C=C[C@H]1C2. The molecule has 3 atom stereocenters. The van der Waals surface area contributed by atoms with Crippen LogP contribution in [0.4, 0.5) is 0 Å². The van der Waals surface area contributed by atoms with Crippen LogP contribution < -0.4 is 0 Å². The van der Waals surface area contributed by atoms with Crippen molar-refractivity contribution < 1.29 is 19.2 Å². The molecule has 1 aliphatic heterocycles. The minimum atomic E-state index is -0.439. The Balaban J connectivity index is 1.66. The average molecular weight is 235 g/mol. The Morgan fingerprint density at radius 1 is 1.18 bits per heavy atom. The first-order valence-corrected chi connectivity index (χ1v) is 5.91. The first-order valence-electron chi connectivity index (χ1n) is 5.91. The topological polar surface area (TPSA) is 63.7 Å². The number of rotatable bonds is 2. The molecule has 1 heterocycles. The third-order valence-corrected chi connectivity index (χ3v) is 3.77. The first-order chi connectivity index (χ1) is 8.15. The van der Waals surface area contributed by atoms with Gasteiger partial charge in [0.1, 0.15) is 0 Å². The molecule has 90 valence electrons. The molecule has 2 bridgehead atoms. The summed E-state index contributed by atoms with van der Waals surface area (Å²) in [7, 11) is 0. The molecule has 2 amide bonds. The van der Waals surface area contributed by atoms with Gasteiger partial charge >= 0.3 is 5.97 Å². The second kappa shape index (κ2) is 3.68. The molecule has 0 spiro atoms. The Hall–Kier alpha value is -1.65. The number of fused-ring (bicyclic) bond motifs is 2. The van der Waals surface area contributed by atoms with Crippen molar-refractivity contribution in [3.8, 4) is 0 Å². The van der Waals surface area contributed by atoms with Crippen LogP contribution in [0.2, 0.25) is 0 Å². The fourth-order valence-electron chi connectivity index (χ4n) is 2.87. The molecule has 0 unspecified atom stereocenters. The van der Waals surface area contributed by atoms with E-state index in [9.17, 15) is 14.4 Å². The predicted octanol–water partition coefficient (Wildman–Crippen LogP) is 0.806. The van der Waals surface area contributed by atoms with Gasteiger partial charge in [-0.15, -0.1) is 5.06 Å². The van der Waals surface area contributed by atoms with Crippen LogP contribution in [0.1, 0.15) is 25.7 Å². The van der Waals surface area contributed by atoms with Gasteiger partial charge in [-0.1, -0.05) is 12.2 Å². The van der Waals surface area contributed by atoms with Crippen LogP contribution in [-0.2, 0) is 19.2 Å². The van der Waals surface area contributed by atoms with Crippen LogP contribution in [0, 0.1) is 17.8 Å². The highest BCUT2D eigenvalue weighted by Gasteiger charge is 2.43. The molecule has 5 nitrogen and oxygen atoms in total. The van der Waals surface area contributed by atoms with Crippen LogP contribution in [0.3, 0.4) is 0 Å². The van der Waals surface area contributed by atoms with E-state index < -0.39 is 17.8 Å². The smallest absolute Gasteiger partial charge is 0.330 e. The predicted molar refractivity (Wildman–Crippen MR) is 56.0 cm³/mol. The molecule has 0 N–H and O–H groups in total. The zero-order chi connectivity index (χ0) is 12.0. The molecule has 1 saturated heterocycles. The van der Waals surface area contributed by atoms with E-state index in [0.29, 0.717) is 11.0 Å². The average Bonchev–Trinajstić information content (AvgIpc) is 2.99. The molecule has 0 aromatic heterocycles. The van der Waals surface area contributed by atoms with E-state index in [1.54, 1.807) is 0 Å². The van der Waals surface area contributed by atoms with Gasteiger partial charge in [0.25, 0.3) is 11.8 Å². The second-order valence-electron chi connectivity index (χ2n) is 4.88. The summed E-state index contributed by atoms with van der Waals surface area (Å²) in [6.07, 6.45) is 6.21. The molecule has 2 fully saturated rings. The molecule has 0 aromatic rings. The number of hydrogen-bond acceptors (Lipinski definition) is 4. The maximum absolute atomic E-state index is 11.9. The van der Waals surface area contributed by atoms with Crippen molar-refractivity contribution >= 4 is 17.8 Å². The van der Waals surface area contributed by atoms with E-state index in [1.165, 1.54) is 0 Å². The van der Waals surface area contributed by atoms with Gasteiger partial charge in [-0.05, 0) is 24.7 Å². The number of hydroxylamine groups is 2. The molecule has 5 heteroatoms. The highest BCUT2D eigenvalue weighted by molar-refractivity contribution is 6.01. The number of imide groups is 1. The van der Waals surface area contributed by atoms with Crippen LogP contribution in [-0.4, -0.2) is 22.8 Å². The van der Waals surface area contributed by atoms with Gasteiger partial charge in [0.2, 0.25) is 0 Å². The maximum Gasteiger partial charge on any atom is 0.336 e. The second-order valence-corrected chi connectivity index (χ2v) is 4.88. The summed E-state index contributed by atoms with van der Waals surface area (Å²) >= 11 is 0. The highest BCUT2D eigenvalue weighted by Crippen LogP contribution is 2.44. The third kappa shape index (κ3) is 1.66. The van der Waals surface area contributed by atoms with E-state index >= 15 is 0 Å². The standard InChI is InChI=1S/C12H13NO4/c14-10-3-4-11(15)13(10)17-12(16)9-6-7-1-2-8(9)5-7/h1-2,7-9H,3-6H2/t7-,8-,9-/m0/s1. The van der Waals surface area contributed by atoms with E-state index in [-0.39, 0.29) is 24.7 Å². The lowest BCUT2D eigenvalue weighted by Crippen LogP contribution is -2.35. The van der Waals surface area contributed by atoms with Crippen molar-refractivity contribution in [3.05, 3.63) is 12.2 Å². The molecular formula is C12H13NO4. The van der Waals surface area contributed by atoms with Crippen molar-refractivity contribution in [2.24, 2.45) is 17.8 Å². The highest BCUT2D eigenvalue weighted by atomic mass is 16.7. The number of amides is 2. The van der Waals surface area contributed by atoms with E-state index in [0.717, 1.165) is 12.8 Å². The van der Waals surface area contributed by atoms with Crippen molar-refractivity contribution in [2.45, 2.75) is 25.7 Å². The van der Waals surface area contributed by atoms with Crippen molar-refractivity contribution in [1.29, 1.82) is 0 Å². The molecule has 17 heavy (non-hydrogen) atoms. The van der Waals surface area contributed by atoms with Gasteiger partial charge in [-0.25, -0.2) is 4.79 Å². The lowest BCUT2D eigenvalue weighted by atomic mass is 9.94. The minimum Gasteiger partial charge on any atom is -0.330 e. The van der Waals surface area contributed by atoms with E-state index in [4.69, 9.17) is 4.84 Å². The summed E-state index contributed by atoms with van der Waals surface area (Å²) < 4.78 is 0. The molecule has 0 aromatic carbocycles. The zero-order valence-corrected chi connectivity index (χ0v) is 9.30. The fraction of sp³-hybridized carbons (Fsp3) is 0.583. The quantitative estimate of drug-likeness (QED) is 0.524. The number of allylic oxidation sites excluding steroid dienone is 2. The summed E-state index contributed by atoms with van der Waals surface area (Å²) in [5.41, 5.74) is 0. The Morgan fingerprint density at radius 2 is 1.88 bits per heavy atom. The molecular weight excluding hydrogens is 222 g/mol. The Kier molecular flexibility index (Phi) is 2.28. The maximum atomic E-state index is 11.9. The van der Waals surface area contributed by atoms with Gasteiger partial charge in [-0.2, -0.15) is 0 Å². The Labute approximate surface area is 98.4 Å². The van der Waals surface area contributed by atoms with Gasteiger partial charge in [0, 0.05) is 12.8 Å². The van der Waals surface area contributed by atoms with Crippen LogP contribution in [0.5, 0.6) is 0 Å². The van der Waals surface area contributed by atoms with Crippen LogP contribution in [0.15, 0.2) is 12.2 Å². The summed E-state index contributed by atoms with van der Waals surface area (Å²) in [5.74, 6) is -0.774. The van der Waals surface area contributed by atoms with Gasteiger partial charge in [-0.3, -0.25) is 9.59 Å². The molecule has 3 rings (SSSR count). The largest absolute Gasteiger partial charge is 0.336 e. The lowest BCUT2D eigenvalue weighted by molar-refractivity contribution is -0.201. The normalized spacial score (nSPS) is 34.8. The lowest BCUT2D eigenvalue weighted by Gasteiger charge is -2.19. The zero-order valence-electron chi connectivity index (χ0n) is 9.30. The summed E-state index contributed by atoms with van der Waals surface area (Å²) in [5, 5.41) is 0.637. The molecule has 1 saturated carbocycles. The third-order valence-electron chi connectivity index (χ3n) is 3.77. The fourth-order valence-corrected chi connectivity index (χ4v) is 2.87. The summed E-state index contributed by atoms with van der Waals surface area (Å²) in [4.78, 5) is 39.4. The number of hydrogen-bond donors (Lipinski definition) is 0. The van der Waals surface area contributed by atoms with Crippen LogP contribution >= 0.6 is 0 Å².